The Hall–Kier alpha value is -2.18. The van der Waals surface area contributed by atoms with Crippen LogP contribution in [0.3, 0.4) is 0 Å². The molecule has 1 aromatic carbocycles. The summed E-state index contributed by atoms with van der Waals surface area (Å²) in [5.74, 6) is -0.153. The van der Waals surface area contributed by atoms with Crippen LogP contribution in [-0.4, -0.2) is 42.5 Å². The highest BCUT2D eigenvalue weighted by Gasteiger charge is 2.44. The summed E-state index contributed by atoms with van der Waals surface area (Å²) in [6, 6.07) is 11.3. The maximum atomic E-state index is 13.4. The van der Waals surface area contributed by atoms with E-state index < -0.39 is 5.92 Å². The van der Waals surface area contributed by atoms with Crippen LogP contribution < -0.4 is 5.32 Å². The molecule has 2 amide bonds. The summed E-state index contributed by atoms with van der Waals surface area (Å²) in [5.41, 5.74) is 1.45. The van der Waals surface area contributed by atoms with Gasteiger partial charge in [0.2, 0.25) is 5.91 Å². The molecule has 2 atom stereocenters. The second-order valence-electron chi connectivity index (χ2n) is 8.44. The number of thiophene rings is 1. The number of nitrogens with zero attached hydrogens (tertiary/aromatic N) is 1. The van der Waals surface area contributed by atoms with Gasteiger partial charge in [-0.2, -0.15) is 0 Å². The molecule has 0 fully saturated rings. The van der Waals surface area contributed by atoms with Crippen LogP contribution >= 0.6 is 11.3 Å². The number of nitrogens with one attached hydrogen (secondary N) is 1. The molecule has 0 bridgehead atoms. The topological polar surface area (TPSA) is 58.6 Å². The summed E-state index contributed by atoms with van der Waals surface area (Å²) in [7, 11) is 0. The highest BCUT2D eigenvalue weighted by Crippen LogP contribution is 2.44. The van der Waals surface area contributed by atoms with E-state index in [1.807, 2.05) is 60.5 Å². The molecule has 0 radical (unpaired) electrons. The number of fused-ring (bicyclic) bond motifs is 1. The maximum Gasteiger partial charge on any atom is 0.254 e. The Bertz CT molecular complexity index is 848. The molecule has 162 valence electrons. The summed E-state index contributed by atoms with van der Waals surface area (Å²) in [5, 5.41) is 5.10. The average Bonchev–Trinajstić information content (AvgIpc) is 3.23. The van der Waals surface area contributed by atoms with Gasteiger partial charge in [0.25, 0.3) is 5.91 Å². The van der Waals surface area contributed by atoms with E-state index in [2.05, 4.69) is 19.2 Å². The summed E-state index contributed by atoms with van der Waals surface area (Å²) in [6.07, 6.45) is 0.945. The molecule has 5 nitrogen and oxygen atoms in total. The van der Waals surface area contributed by atoms with Gasteiger partial charge in [-0.25, -0.2) is 0 Å². The minimum Gasteiger partial charge on any atom is -0.379 e. The predicted molar refractivity (Wildman–Crippen MR) is 121 cm³/mol. The smallest absolute Gasteiger partial charge is 0.254 e. The number of carbonyl (C=O) groups is 2. The van der Waals surface area contributed by atoms with Crippen LogP contribution in [0, 0.1) is 5.92 Å². The lowest BCUT2D eigenvalue weighted by atomic mass is 9.81. The third-order valence-corrected chi connectivity index (χ3v) is 6.13. The fraction of sp³-hybridized carbons (Fsp3) is 0.500. The molecule has 0 spiro atoms. The Labute approximate surface area is 183 Å². The van der Waals surface area contributed by atoms with Gasteiger partial charge >= 0.3 is 0 Å². The number of rotatable bonds is 9. The zero-order valence-corrected chi connectivity index (χ0v) is 19.1. The van der Waals surface area contributed by atoms with Gasteiger partial charge < -0.3 is 15.0 Å². The summed E-state index contributed by atoms with van der Waals surface area (Å²) in [4.78, 5) is 29.7. The minimum absolute atomic E-state index is 0.00656. The number of hydrogen-bond donors (Lipinski definition) is 1. The van der Waals surface area contributed by atoms with Crippen LogP contribution in [0.2, 0.25) is 0 Å². The molecule has 1 N–H and O–H groups in total. The van der Waals surface area contributed by atoms with Crippen molar-refractivity contribution < 1.29 is 14.3 Å². The Morgan fingerprint density at radius 3 is 2.60 bits per heavy atom. The van der Waals surface area contributed by atoms with E-state index in [-0.39, 0.29) is 24.0 Å². The van der Waals surface area contributed by atoms with E-state index >= 15 is 0 Å². The van der Waals surface area contributed by atoms with E-state index in [1.165, 1.54) is 0 Å². The van der Waals surface area contributed by atoms with Crippen LogP contribution in [0.15, 0.2) is 41.8 Å². The van der Waals surface area contributed by atoms with Crippen LogP contribution in [-0.2, 0) is 9.53 Å². The third kappa shape index (κ3) is 5.10. The molecule has 0 saturated carbocycles. The first-order valence-electron chi connectivity index (χ1n) is 10.7. The van der Waals surface area contributed by atoms with E-state index in [9.17, 15) is 9.59 Å². The molecule has 0 saturated heterocycles. The lowest BCUT2D eigenvalue weighted by molar-refractivity contribution is -0.124. The van der Waals surface area contributed by atoms with E-state index in [4.69, 9.17) is 4.74 Å². The Kier molecular flexibility index (Phi) is 7.67. The van der Waals surface area contributed by atoms with Crippen molar-refractivity contribution in [2.24, 2.45) is 5.92 Å². The fourth-order valence-electron chi connectivity index (χ4n) is 3.96. The number of amides is 2. The first-order valence-corrected chi connectivity index (χ1v) is 11.6. The van der Waals surface area contributed by atoms with Gasteiger partial charge in [-0.3, -0.25) is 9.59 Å². The summed E-state index contributed by atoms with van der Waals surface area (Å²) >= 11 is 1.60. The van der Waals surface area contributed by atoms with Crippen LogP contribution in [0.4, 0.5) is 0 Å². The lowest BCUT2D eigenvalue weighted by Gasteiger charge is -2.42. The van der Waals surface area contributed by atoms with Crippen molar-refractivity contribution in [3.63, 3.8) is 0 Å². The van der Waals surface area contributed by atoms with Gasteiger partial charge in [0.05, 0.1) is 18.1 Å². The molecular formula is C24H32N2O3S. The molecule has 1 aliphatic heterocycles. The number of hydrogen-bond acceptors (Lipinski definition) is 4. The predicted octanol–water partition coefficient (Wildman–Crippen LogP) is 4.62. The monoisotopic (exact) mass is 428 g/mol. The van der Waals surface area contributed by atoms with Crippen LogP contribution in [0.25, 0.3) is 0 Å². The van der Waals surface area contributed by atoms with Gasteiger partial charge in [0.1, 0.15) is 0 Å². The van der Waals surface area contributed by atoms with Gasteiger partial charge in [-0.1, -0.05) is 38.1 Å². The number of benzene rings is 1. The Morgan fingerprint density at radius 1 is 1.17 bits per heavy atom. The molecule has 6 heteroatoms. The Morgan fingerprint density at radius 2 is 1.93 bits per heavy atom. The largest absolute Gasteiger partial charge is 0.379 e. The molecule has 3 rings (SSSR count). The molecule has 2 heterocycles. The SMILES string of the molecule is CC(C)CN1C(=O)c2ccccc2C(C(=O)NCCCOC(C)C)C1c1cccs1. The van der Waals surface area contributed by atoms with Gasteiger partial charge in [0, 0.05) is 30.1 Å². The van der Waals surface area contributed by atoms with Gasteiger partial charge in [-0.15, -0.1) is 11.3 Å². The summed E-state index contributed by atoms with van der Waals surface area (Å²) < 4.78 is 5.58. The first-order chi connectivity index (χ1) is 14.4. The molecule has 1 aliphatic rings. The first kappa shape index (κ1) is 22.5. The summed E-state index contributed by atoms with van der Waals surface area (Å²) in [6.45, 7) is 9.99. The highest BCUT2D eigenvalue weighted by atomic mass is 32.1. The fourth-order valence-corrected chi connectivity index (χ4v) is 4.83. The van der Waals surface area contributed by atoms with E-state index in [0.717, 1.165) is 16.9 Å². The Balaban J connectivity index is 1.91. The molecule has 30 heavy (non-hydrogen) atoms. The second-order valence-corrected chi connectivity index (χ2v) is 9.42. The molecule has 0 aliphatic carbocycles. The normalized spacial score (nSPS) is 18.7. The molecule has 1 aromatic heterocycles. The zero-order valence-electron chi connectivity index (χ0n) is 18.3. The van der Waals surface area contributed by atoms with Crippen molar-refractivity contribution in [3.05, 3.63) is 57.8 Å². The van der Waals surface area contributed by atoms with Crippen molar-refractivity contribution in [1.82, 2.24) is 10.2 Å². The average molecular weight is 429 g/mol. The van der Waals surface area contributed by atoms with Crippen LogP contribution in [0.1, 0.15) is 66.9 Å². The van der Waals surface area contributed by atoms with Crippen molar-refractivity contribution >= 4 is 23.2 Å². The zero-order chi connectivity index (χ0) is 21.7. The highest BCUT2D eigenvalue weighted by molar-refractivity contribution is 7.10. The third-order valence-electron chi connectivity index (χ3n) is 5.19. The quantitative estimate of drug-likeness (QED) is 0.593. The number of carbonyl (C=O) groups excluding carboxylic acids is 2. The molecule has 2 unspecified atom stereocenters. The van der Waals surface area contributed by atoms with Gasteiger partial charge in [0.15, 0.2) is 0 Å². The van der Waals surface area contributed by atoms with Crippen molar-refractivity contribution in [2.75, 3.05) is 19.7 Å². The minimum atomic E-state index is -0.428. The van der Waals surface area contributed by atoms with Crippen LogP contribution in [0.5, 0.6) is 0 Å². The second kappa shape index (κ2) is 10.2. The molecule has 2 aromatic rings. The van der Waals surface area contributed by atoms with Gasteiger partial charge in [-0.05, 0) is 49.3 Å². The molecular weight excluding hydrogens is 396 g/mol. The van der Waals surface area contributed by atoms with E-state index in [0.29, 0.717) is 31.2 Å². The maximum absolute atomic E-state index is 13.4. The van der Waals surface area contributed by atoms with E-state index in [1.54, 1.807) is 11.3 Å². The van der Waals surface area contributed by atoms with Crippen molar-refractivity contribution in [3.8, 4) is 0 Å². The lowest BCUT2D eigenvalue weighted by Crippen LogP contribution is -2.48. The van der Waals surface area contributed by atoms with Crippen molar-refractivity contribution in [1.29, 1.82) is 0 Å². The van der Waals surface area contributed by atoms with Crippen molar-refractivity contribution in [2.45, 2.75) is 52.2 Å². The number of ether oxygens (including phenoxy) is 1. The standard InChI is InChI=1S/C24H32N2O3S/c1-16(2)15-26-22(20-11-7-14-30-20)21(18-9-5-6-10-19(18)24(26)28)23(27)25-12-8-13-29-17(3)4/h5-7,9-11,14,16-17,21-22H,8,12-13,15H2,1-4H3,(H,25,27).